The smallest absolute Gasteiger partial charge is 0.242 e. The van der Waals surface area contributed by atoms with Gasteiger partial charge in [-0.15, -0.1) is 0 Å². The van der Waals surface area contributed by atoms with Gasteiger partial charge < -0.3 is 10.6 Å². The minimum absolute atomic E-state index is 0.0874. The highest BCUT2D eigenvalue weighted by atomic mass is 16.2. The Labute approximate surface area is 100 Å². The lowest BCUT2D eigenvalue weighted by Crippen LogP contribution is -2.53. The van der Waals surface area contributed by atoms with E-state index >= 15 is 0 Å². The van der Waals surface area contributed by atoms with Crippen LogP contribution in [0.3, 0.4) is 0 Å². The minimum atomic E-state index is -0.706. The van der Waals surface area contributed by atoms with E-state index in [1.54, 1.807) is 0 Å². The molecule has 0 bridgehead atoms. The molecule has 0 aliphatic heterocycles. The third kappa shape index (κ3) is 4.12. The molecule has 16 heavy (non-hydrogen) atoms. The Balaban J connectivity index is 4.55. The van der Waals surface area contributed by atoms with Gasteiger partial charge in [0, 0.05) is 13.1 Å². The van der Waals surface area contributed by atoms with Gasteiger partial charge in [-0.05, 0) is 26.2 Å². The van der Waals surface area contributed by atoms with E-state index in [1.807, 2.05) is 25.7 Å². The average molecular weight is 228 g/mol. The molecule has 0 saturated heterocycles. The molecule has 0 spiro atoms. The lowest BCUT2D eigenvalue weighted by Gasteiger charge is -2.32. The van der Waals surface area contributed by atoms with Crippen LogP contribution in [0.5, 0.6) is 0 Å². The van der Waals surface area contributed by atoms with Crippen molar-refractivity contribution in [1.29, 1.82) is 0 Å². The van der Waals surface area contributed by atoms with E-state index in [-0.39, 0.29) is 5.91 Å². The van der Waals surface area contributed by atoms with Crippen LogP contribution >= 0.6 is 0 Å². The molecule has 2 N–H and O–H groups in total. The van der Waals surface area contributed by atoms with Crippen LogP contribution in [0.25, 0.3) is 0 Å². The first-order valence-electron chi connectivity index (χ1n) is 6.51. The van der Waals surface area contributed by atoms with E-state index in [9.17, 15) is 4.79 Å². The van der Waals surface area contributed by atoms with Crippen molar-refractivity contribution in [1.82, 2.24) is 4.90 Å². The second-order valence-electron chi connectivity index (χ2n) is 4.80. The highest BCUT2D eigenvalue weighted by Gasteiger charge is 2.30. The Bertz CT molecular complexity index is 210. The van der Waals surface area contributed by atoms with E-state index in [0.717, 1.165) is 25.9 Å². The minimum Gasteiger partial charge on any atom is -0.341 e. The van der Waals surface area contributed by atoms with Crippen LogP contribution in [0.1, 0.15) is 53.9 Å². The molecular weight excluding hydrogens is 200 g/mol. The third-order valence-electron chi connectivity index (χ3n) is 3.53. The zero-order chi connectivity index (χ0) is 12.8. The van der Waals surface area contributed by atoms with Gasteiger partial charge in [0.05, 0.1) is 5.54 Å². The summed E-state index contributed by atoms with van der Waals surface area (Å²) in [5.74, 6) is 0.681. The number of rotatable bonds is 7. The molecule has 0 heterocycles. The Hall–Kier alpha value is -0.570. The SMILES string of the molecule is CCC(CC)CN(CC)C(=O)C(C)(N)CC. The summed E-state index contributed by atoms with van der Waals surface area (Å²) >= 11 is 0. The fourth-order valence-electron chi connectivity index (χ4n) is 1.73. The lowest BCUT2D eigenvalue weighted by atomic mass is 9.96. The van der Waals surface area contributed by atoms with Gasteiger partial charge in [0.25, 0.3) is 0 Å². The lowest BCUT2D eigenvalue weighted by molar-refractivity contribution is -0.137. The molecule has 0 aromatic rings. The molecule has 96 valence electrons. The Morgan fingerprint density at radius 2 is 1.75 bits per heavy atom. The van der Waals surface area contributed by atoms with Crippen LogP contribution in [-0.4, -0.2) is 29.4 Å². The molecule has 0 aromatic carbocycles. The van der Waals surface area contributed by atoms with Gasteiger partial charge >= 0.3 is 0 Å². The molecule has 0 aliphatic rings. The summed E-state index contributed by atoms with van der Waals surface area (Å²) in [5.41, 5.74) is 5.30. The first kappa shape index (κ1) is 15.4. The van der Waals surface area contributed by atoms with E-state index in [0.29, 0.717) is 12.3 Å². The van der Waals surface area contributed by atoms with Crippen LogP contribution in [-0.2, 0) is 4.79 Å². The summed E-state index contributed by atoms with van der Waals surface area (Å²) in [4.78, 5) is 14.1. The first-order valence-corrected chi connectivity index (χ1v) is 6.51. The van der Waals surface area contributed by atoms with Gasteiger partial charge in [-0.2, -0.15) is 0 Å². The summed E-state index contributed by atoms with van der Waals surface area (Å²) in [6, 6.07) is 0. The number of hydrogen-bond acceptors (Lipinski definition) is 2. The van der Waals surface area contributed by atoms with Crippen LogP contribution in [0, 0.1) is 5.92 Å². The van der Waals surface area contributed by atoms with E-state index in [1.165, 1.54) is 0 Å². The number of carbonyl (C=O) groups is 1. The van der Waals surface area contributed by atoms with Gasteiger partial charge in [0.2, 0.25) is 5.91 Å². The van der Waals surface area contributed by atoms with Crippen molar-refractivity contribution in [2.75, 3.05) is 13.1 Å². The topological polar surface area (TPSA) is 46.3 Å². The van der Waals surface area contributed by atoms with Crippen molar-refractivity contribution in [3.63, 3.8) is 0 Å². The second-order valence-corrected chi connectivity index (χ2v) is 4.80. The molecule has 1 unspecified atom stereocenters. The Morgan fingerprint density at radius 1 is 1.25 bits per heavy atom. The quantitative estimate of drug-likeness (QED) is 0.727. The van der Waals surface area contributed by atoms with Gasteiger partial charge in [-0.3, -0.25) is 4.79 Å². The summed E-state index contributed by atoms with van der Waals surface area (Å²) < 4.78 is 0. The molecule has 1 atom stereocenters. The fourth-order valence-corrected chi connectivity index (χ4v) is 1.73. The molecular formula is C13H28N2O. The number of carbonyl (C=O) groups excluding carboxylic acids is 1. The van der Waals surface area contributed by atoms with Crippen molar-refractivity contribution in [3.8, 4) is 0 Å². The Morgan fingerprint density at radius 3 is 2.06 bits per heavy atom. The molecule has 0 radical (unpaired) electrons. The van der Waals surface area contributed by atoms with Crippen molar-refractivity contribution in [2.45, 2.75) is 59.4 Å². The summed E-state index contributed by atoms with van der Waals surface area (Å²) in [6.45, 7) is 11.7. The van der Waals surface area contributed by atoms with Crippen molar-refractivity contribution in [3.05, 3.63) is 0 Å². The maximum Gasteiger partial charge on any atom is 0.242 e. The van der Waals surface area contributed by atoms with E-state index in [4.69, 9.17) is 5.73 Å². The van der Waals surface area contributed by atoms with Crippen molar-refractivity contribution < 1.29 is 4.79 Å². The highest BCUT2D eigenvalue weighted by molar-refractivity contribution is 5.85. The van der Waals surface area contributed by atoms with Crippen LogP contribution in [0.15, 0.2) is 0 Å². The molecule has 3 heteroatoms. The normalized spacial score (nSPS) is 14.9. The van der Waals surface area contributed by atoms with E-state index < -0.39 is 5.54 Å². The zero-order valence-corrected chi connectivity index (χ0v) is 11.5. The third-order valence-corrected chi connectivity index (χ3v) is 3.53. The average Bonchev–Trinajstić information content (AvgIpc) is 2.30. The standard InChI is InChI=1S/C13H28N2O/c1-6-11(7-2)10-15(9-4)12(16)13(5,14)8-3/h11H,6-10,14H2,1-5H3. The second kappa shape index (κ2) is 6.89. The molecule has 0 fully saturated rings. The molecule has 1 amide bonds. The molecule has 0 rings (SSSR count). The first-order chi connectivity index (χ1) is 7.42. The monoisotopic (exact) mass is 228 g/mol. The molecule has 0 saturated carbocycles. The Kier molecular flexibility index (Phi) is 6.65. The summed E-state index contributed by atoms with van der Waals surface area (Å²) in [5, 5.41) is 0. The zero-order valence-electron chi connectivity index (χ0n) is 11.5. The van der Waals surface area contributed by atoms with Gasteiger partial charge in [-0.1, -0.05) is 33.6 Å². The summed E-state index contributed by atoms with van der Waals surface area (Å²) in [7, 11) is 0. The van der Waals surface area contributed by atoms with Gasteiger partial charge in [0.1, 0.15) is 0 Å². The fraction of sp³-hybridized carbons (Fsp3) is 0.923. The maximum absolute atomic E-state index is 12.2. The van der Waals surface area contributed by atoms with Crippen LogP contribution in [0.2, 0.25) is 0 Å². The van der Waals surface area contributed by atoms with Crippen molar-refractivity contribution in [2.24, 2.45) is 11.7 Å². The molecule has 0 aromatic heterocycles. The van der Waals surface area contributed by atoms with Gasteiger partial charge in [-0.25, -0.2) is 0 Å². The molecule has 3 nitrogen and oxygen atoms in total. The predicted molar refractivity (Wildman–Crippen MR) is 69.2 cm³/mol. The number of amides is 1. The van der Waals surface area contributed by atoms with E-state index in [2.05, 4.69) is 13.8 Å². The van der Waals surface area contributed by atoms with Gasteiger partial charge in [0.15, 0.2) is 0 Å². The highest BCUT2D eigenvalue weighted by Crippen LogP contribution is 2.15. The maximum atomic E-state index is 12.2. The van der Waals surface area contributed by atoms with Crippen LogP contribution in [0.4, 0.5) is 0 Å². The predicted octanol–water partition coefficient (Wildman–Crippen LogP) is 2.40. The largest absolute Gasteiger partial charge is 0.341 e. The van der Waals surface area contributed by atoms with Crippen molar-refractivity contribution >= 4 is 5.91 Å². The number of nitrogens with zero attached hydrogens (tertiary/aromatic N) is 1. The number of likely N-dealkylation sites (N-methyl/N-ethyl adjacent to an activating group) is 1. The molecule has 0 aliphatic carbocycles. The van der Waals surface area contributed by atoms with Crippen LogP contribution < -0.4 is 5.73 Å². The summed E-state index contributed by atoms with van der Waals surface area (Å²) in [6.07, 6.45) is 2.92. The number of nitrogens with two attached hydrogens (primary N) is 1. The number of hydrogen-bond donors (Lipinski definition) is 1.